The lowest BCUT2D eigenvalue weighted by Gasteiger charge is -2.16. The van der Waals surface area contributed by atoms with Gasteiger partial charge < -0.3 is 4.74 Å². The van der Waals surface area contributed by atoms with Crippen LogP contribution >= 0.6 is 27.3 Å². The summed E-state index contributed by atoms with van der Waals surface area (Å²) in [6.07, 6.45) is 0. The largest absolute Gasteiger partial charge is 0.494 e. The van der Waals surface area contributed by atoms with E-state index in [1.54, 1.807) is 11.3 Å². The molecule has 0 aliphatic carbocycles. The third-order valence-electron chi connectivity index (χ3n) is 2.87. The second-order valence-electron chi connectivity index (χ2n) is 4.30. The first-order valence-corrected chi connectivity index (χ1v) is 7.84. The molecule has 1 unspecified atom stereocenters. The van der Waals surface area contributed by atoms with E-state index in [0.29, 0.717) is 6.61 Å². The van der Waals surface area contributed by atoms with Gasteiger partial charge in [0.25, 0.3) is 0 Å². The number of hydrogen-bond donors (Lipinski definition) is 0. The molecule has 2 rings (SSSR count). The maximum absolute atomic E-state index is 5.73. The molecule has 0 bridgehead atoms. The first-order chi connectivity index (χ1) is 8.63. The van der Waals surface area contributed by atoms with Crippen molar-refractivity contribution in [2.24, 2.45) is 0 Å². The van der Waals surface area contributed by atoms with Gasteiger partial charge in [0.05, 0.1) is 11.4 Å². The zero-order valence-electron chi connectivity index (χ0n) is 10.9. The Morgan fingerprint density at radius 1 is 1.28 bits per heavy atom. The molecule has 1 atom stereocenters. The minimum atomic E-state index is 0.207. The molecule has 0 spiro atoms. The van der Waals surface area contributed by atoms with Gasteiger partial charge in [0.2, 0.25) is 0 Å². The zero-order valence-corrected chi connectivity index (χ0v) is 13.3. The van der Waals surface area contributed by atoms with E-state index in [4.69, 9.17) is 4.74 Å². The van der Waals surface area contributed by atoms with Crippen molar-refractivity contribution >= 4 is 27.3 Å². The maximum atomic E-state index is 5.73. The minimum Gasteiger partial charge on any atom is -0.494 e. The lowest BCUT2D eigenvalue weighted by Crippen LogP contribution is -2.00. The van der Waals surface area contributed by atoms with Crippen LogP contribution in [0, 0.1) is 13.8 Å². The summed E-state index contributed by atoms with van der Waals surface area (Å²) in [7, 11) is 0. The number of halogens is 1. The van der Waals surface area contributed by atoms with E-state index >= 15 is 0 Å². The third kappa shape index (κ3) is 2.78. The fourth-order valence-corrected chi connectivity index (χ4v) is 3.90. The second kappa shape index (κ2) is 5.89. The van der Waals surface area contributed by atoms with Gasteiger partial charge in [-0.2, -0.15) is 0 Å². The van der Waals surface area contributed by atoms with Crippen LogP contribution in [0.4, 0.5) is 0 Å². The summed E-state index contributed by atoms with van der Waals surface area (Å²) in [4.78, 5) is 1.56. The van der Waals surface area contributed by atoms with E-state index in [1.807, 2.05) is 6.92 Å². The van der Waals surface area contributed by atoms with E-state index in [0.717, 1.165) is 5.75 Å². The summed E-state index contributed by atoms with van der Waals surface area (Å²) in [5.74, 6) is 0.970. The molecule has 0 aliphatic heterocycles. The summed E-state index contributed by atoms with van der Waals surface area (Å²) in [5, 5.41) is 2.13. The maximum Gasteiger partial charge on any atom is 0.123 e. The molecule has 0 saturated carbocycles. The van der Waals surface area contributed by atoms with Crippen LogP contribution in [-0.2, 0) is 0 Å². The molecule has 0 fully saturated rings. The molecule has 1 nitrogen and oxygen atoms in total. The predicted molar refractivity (Wildman–Crippen MR) is 82.2 cm³/mol. The number of benzene rings is 1. The highest BCUT2D eigenvalue weighted by atomic mass is 79.9. The van der Waals surface area contributed by atoms with E-state index in [1.165, 1.54) is 21.6 Å². The van der Waals surface area contributed by atoms with Gasteiger partial charge in [0, 0.05) is 10.4 Å². The predicted octanol–water partition coefficient (Wildman–Crippen LogP) is 5.25. The van der Waals surface area contributed by atoms with Crippen LogP contribution in [-0.4, -0.2) is 6.61 Å². The van der Waals surface area contributed by atoms with E-state index in [2.05, 4.69) is 59.4 Å². The quantitative estimate of drug-likeness (QED) is 0.698. The summed E-state index contributed by atoms with van der Waals surface area (Å²) >= 11 is 5.59. The van der Waals surface area contributed by atoms with Crippen LogP contribution in [0.3, 0.4) is 0 Å². The van der Waals surface area contributed by atoms with Crippen molar-refractivity contribution in [3.05, 3.63) is 51.2 Å². The van der Waals surface area contributed by atoms with Crippen molar-refractivity contribution < 1.29 is 4.74 Å². The smallest absolute Gasteiger partial charge is 0.123 e. The lowest BCUT2D eigenvalue weighted by molar-refractivity contribution is 0.337. The topological polar surface area (TPSA) is 9.23 Å². The van der Waals surface area contributed by atoms with Gasteiger partial charge in [0.1, 0.15) is 5.75 Å². The van der Waals surface area contributed by atoms with Gasteiger partial charge in [-0.05, 0) is 43.8 Å². The van der Waals surface area contributed by atoms with Crippen LogP contribution in [0.2, 0.25) is 0 Å². The Morgan fingerprint density at radius 2 is 2.06 bits per heavy atom. The van der Waals surface area contributed by atoms with Gasteiger partial charge in [-0.15, -0.1) is 11.3 Å². The first kappa shape index (κ1) is 13.6. The molecule has 0 amide bonds. The number of rotatable bonds is 4. The Labute approximate surface area is 121 Å². The molecule has 18 heavy (non-hydrogen) atoms. The second-order valence-corrected chi connectivity index (χ2v) is 6.17. The average molecular weight is 325 g/mol. The Morgan fingerprint density at radius 3 is 2.67 bits per heavy atom. The van der Waals surface area contributed by atoms with E-state index in [-0.39, 0.29) is 4.83 Å². The highest BCUT2D eigenvalue weighted by Gasteiger charge is 2.18. The fourth-order valence-electron chi connectivity index (χ4n) is 1.94. The van der Waals surface area contributed by atoms with Gasteiger partial charge in [-0.3, -0.25) is 0 Å². The van der Waals surface area contributed by atoms with Crippen molar-refractivity contribution in [2.75, 3.05) is 6.61 Å². The number of aryl methyl sites for hydroxylation is 2. The molecule has 1 aromatic carbocycles. The fraction of sp³-hybridized carbons (Fsp3) is 0.333. The lowest BCUT2D eigenvalue weighted by atomic mass is 10.0. The normalized spacial score (nSPS) is 12.4. The Hall–Kier alpha value is -0.800. The molecule has 0 saturated heterocycles. The number of thiophene rings is 1. The molecule has 0 aliphatic rings. The Bertz CT molecular complexity index is 533. The van der Waals surface area contributed by atoms with Crippen molar-refractivity contribution in [2.45, 2.75) is 25.6 Å². The first-order valence-electron chi connectivity index (χ1n) is 6.05. The molecule has 1 heterocycles. The summed E-state index contributed by atoms with van der Waals surface area (Å²) in [6, 6.07) is 8.51. The molecule has 2 aromatic rings. The van der Waals surface area contributed by atoms with Gasteiger partial charge >= 0.3 is 0 Å². The highest BCUT2D eigenvalue weighted by Crippen LogP contribution is 2.40. The van der Waals surface area contributed by atoms with Crippen LogP contribution in [0.15, 0.2) is 29.6 Å². The van der Waals surface area contributed by atoms with Crippen LogP contribution in [0.5, 0.6) is 5.75 Å². The van der Waals surface area contributed by atoms with E-state index < -0.39 is 0 Å². The Balaban J connectivity index is 2.43. The molecular weight excluding hydrogens is 308 g/mol. The molecular formula is C15H17BrOS. The average Bonchev–Trinajstić information content (AvgIpc) is 2.77. The Kier molecular flexibility index (Phi) is 4.46. The number of alkyl halides is 1. The summed E-state index contributed by atoms with van der Waals surface area (Å²) in [5.41, 5.74) is 3.79. The van der Waals surface area contributed by atoms with Gasteiger partial charge in [-0.25, -0.2) is 0 Å². The van der Waals surface area contributed by atoms with Crippen molar-refractivity contribution in [3.63, 3.8) is 0 Å². The van der Waals surface area contributed by atoms with Crippen molar-refractivity contribution in [1.29, 1.82) is 0 Å². The van der Waals surface area contributed by atoms with Crippen LogP contribution in [0.25, 0.3) is 0 Å². The molecule has 1 aromatic heterocycles. The van der Waals surface area contributed by atoms with Crippen molar-refractivity contribution in [1.82, 2.24) is 0 Å². The van der Waals surface area contributed by atoms with Gasteiger partial charge in [-0.1, -0.05) is 33.6 Å². The molecule has 96 valence electrons. The minimum absolute atomic E-state index is 0.207. The van der Waals surface area contributed by atoms with Gasteiger partial charge in [0.15, 0.2) is 0 Å². The zero-order chi connectivity index (χ0) is 13.1. The van der Waals surface area contributed by atoms with Crippen LogP contribution < -0.4 is 4.74 Å². The molecule has 0 radical (unpaired) electrons. The monoisotopic (exact) mass is 324 g/mol. The van der Waals surface area contributed by atoms with E-state index in [9.17, 15) is 0 Å². The highest BCUT2D eigenvalue weighted by molar-refractivity contribution is 9.09. The summed E-state index contributed by atoms with van der Waals surface area (Å²) < 4.78 is 5.73. The molecule has 0 N–H and O–H groups in total. The van der Waals surface area contributed by atoms with Crippen LogP contribution in [0.1, 0.15) is 33.3 Å². The SMILES string of the molecule is CCOc1ccc(C)cc1C(Br)c1sccc1C. The number of hydrogen-bond acceptors (Lipinski definition) is 2. The van der Waals surface area contributed by atoms with Crippen molar-refractivity contribution in [3.8, 4) is 5.75 Å². The number of ether oxygens (including phenoxy) is 1. The third-order valence-corrected chi connectivity index (χ3v) is 5.21. The molecule has 3 heteroatoms. The summed E-state index contributed by atoms with van der Waals surface area (Å²) in [6.45, 7) is 6.97. The standard InChI is InChI=1S/C15H17BrOS/c1-4-17-13-6-5-10(2)9-12(13)14(16)15-11(3)7-8-18-15/h5-9,14H,4H2,1-3H3.